The summed E-state index contributed by atoms with van der Waals surface area (Å²) in [4.78, 5) is 12.3. The molecule has 2 atom stereocenters. The van der Waals surface area contributed by atoms with E-state index in [0.717, 1.165) is 15.4 Å². The van der Waals surface area contributed by atoms with Crippen LogP contribution in [0.2, 0.25) is 0 Å². The predicted octanol–water partition coefficient (Wildman–Crippen LogP) is 3.27. The molecule has 0 aliphatic carbocycles. The second-order valence-corrected chi connectivity index (χ2v) is 7.38. The molecule has 0 aromatic heterocycles. The Labute approximate surface area is 135 Å². The largest absolute Gasteiger partial charge is 0.438 e. The van der Waals surface area contributed by atoms with E-state index in [4.69, 9.17) is 4.74 Å². The molecule has 2 aromatic rings. The summed E-state index contributed by atoms with van der Waals surface area (Å²) >= 11 is 0. The highest BCUT2D eigenvalue weighted by atomic mass is 32.2. The summed E-state index contributed by atoms with van der Waals surface area (Å²) in [5.74, 6) is 0. The number of benzene rings is 2. The minimum atomic E-state index is -3.94. The zero-order valence-corrected chi connectivity index (χ0v) is 13.7. The van der Waals surface area contributed by atoms with Crippen LogP contribution in [0.1, 0.15) is 24.2 Å². The average Bonchev–Trinajstić information content (AvgIpc) is 2.84. The molecule has 1 heterocycles. The van der Waals surface area contributed by atoms with Gasteiger partial charge in [0.1, 0.15) is 0 Å². The van der Waals surface area contributed by atoms with Crippen molar-refractivity contribution in [2.24, 2.45) is 0 Å². The quantitative estimate of drug-likeness (QED) is 0.866. The molecule has 1 aliphatic rings. The smallest absolute Gasteiger partial charge is 0.424 e. The number of amides is 1. The van der Waals surface area contributed by atoms with Gasteiger partial charge in [-0.2, -0.15) is 4.31 Å². The zero-order valence-electron chi connectivity index (χ0n) is 12.8. The van der Waals surface area contributed by atoms with Crippen LogP contribution in [-0.4, -0.2) is 24.9 Å². The first-order valence-corrected chi connectivity index (χ1v) is 8.72. The number of carbonyl (C=O) groups excluding carboxylic acids is 1. The minimum absolute atomic E-state index is 0.0839. The van der Waals surface area contributed by atoms with Crippen molar-refractivity contribution in [2.75, 3.05) is 0 Å². The summed E-state index contributed by atoms with van der Waals surface area (Å²) in [7, 11) is -3.94. The Hall–Kier alpha value is -2.34. The monoisotopic (exact) mass is 331 g/mol. The molecule has 0 unspecified atom stereocenters. The average molecular weight is 331 g/mol. The lowest BCUT2D eigenvalue weighted by atomic mass is 10.0. The Morgan fingerprint density at radius 1 is 1.00 bits per heavy atom. The number of ether oxygens (including phenoxy) is 1. The molecule has 120 valence electrons. The van der Waals surface area contributed by atoms with Gasteiger partial charge in [-0.05, 0) is 31.5 Å². The maximum atomic E-state index is 12.8. The van der Waals surface area contributed by atoms with Crippen LogP contribution < -0.4 is 0 Å². The molecule has 1 saturated heterocycles. The van der Waals surface area contributed by atoms with E-state index in [-0.39, 0.29) is 4.90 Å². The van der Waals surface area contributed by atoms with E-state index in [9.17, 15) is 13.2 Å². The van der Waals surface area contributed by atoms with Crippen LogP contribution >= 0.6 is 0 Å². The molecule has 1 fully saturated rings. The fraction of sp³-hybridized carbons (Fsp3) is 0.235. The van der Waals surface area contributed by atoms with Crippen molar-refractivity contribution in [2.45, 2.75) is 30.9 Å². The topological polar surface area (TPSA) is 63.7 Å². The summed E-state index contributed by atoms with van der Waals surface area (Å²) in [6.07, 6.45) is -1.45. The van der Waals surface area contributed by atoms with Crippen LogP contribution in [0.3, 0.4) is 0 Å². The van der Waals surface area contributed by atoms with Gasteiger partial charge in [0.25, 0.3) is 10.0 Å². The second-order valence-electron chi connectivity index (χ2n) is 5.57. The van der Waals surface area contributed by atoms with E-state index in [2.05, 4.69) is 0 Å². The van der Waals surface area contributed by atoms with Crippen LogP contribution in [-0.2, 0) is 14.8 Å². The fourth-order valence-electron chi connectivity index (χ4n) is 2.68. The molecule has 0 saturated carbocycles. The summed E-state index contributed by atoms with van der Waals surface area (Å²) in [6, 6.07) is 14.9. The highest BCUT2D eigenvalue weighted by molar-refractivity contribution is 7.89. The Morgan fingerprint density at radius 3 is 2.22 bits per heavy atom. The number of hydrogen-bond donors (Lipinski definition) is 0. The van der Waals surface area contributed by atoms with Gasteiger partial charge in [0.15, 0.2) is 6.10 Å². The number of sulfonamides is 1. The van der Waals surface area contributed by atoms with Crippen molar-refractivity contribution in [3.8, 4) is 0 Å². The van der Waals surface area contributed by atoms with Crippen molar-refractivity contribution < 1.29 is 17.9 Å². The maximum Gasteiger partial charge on any atom is 0.424 e. The second kappa shape index (κ2) is 5.70. The Morgan fingerprint density at radius 2 is 1.61 bits per heavy atom. The van der Waals surface area contributed by atoms with Crippen molar-refractivity contribution in [3.05, 3.63) is 65.7 Å². The van der Waals surface area contributed by atoms with Gasteiger partial charge in [-0.15, -0.1) is 0 Å². The number of aryl methyl sites for hydroxylation is 1. The Bertz CT molecular complexity index is 815. The lowest BCUT2D eigenvalue weighted by Gasteiger charge is -2.20. The number of rotatable bonds is 3. The highest BCUT2D eigenvalue weighted by Gasteiger charge is 2.46. The molecule has 1 amide bonds. The third-order valence-corrected chi connectivity index (χ3v) is 5.79. The first-order chi connectivity index (χ1) is 10.9. The van der Waals surface area contributed by atoms with E-state index in [1.54, 1.807) is 19.1 Å². The minimum Gasteiger partial charge on any atom is -0.438 e. The van der Waals surface area contributed by atoms with Gasteiger partial charge in [0, 0.05) is 0 Å². The Balaban J connectivity index is 1.96. The third kappa shape index (κ3) is 2.70. The standard InChI is InChI=1S/C17H17NO4S/c1-12-8-10-15(11-9-12)23(20,21)18-13(2)16(22-17(18)19)14-6-4-3-5-7-14/h3-11,13,16H,1-2H3/t13-,16-/m1/s1. The first kappa shape index (κ1) is 15.6. The van der Waals surface area contributed by atoms with Crippen molar-refractivity contribution in [1.82, 2.24) is 4.31 Å². The molecule has 1 aliphatic heterocycles. The van der Waals surface area contributed by atoms with E-state index in [1.165, 1.54) is 12.1 Å². The van der Waals surface area contributed by atoms with Gasteiger partial charge in [0.2, 0.25) is 0 Å². The van der Waals surface area contributed by atoms with Crippen LogP contribution in [0.4, 0.5) is 4.79 Å². The summed E-state index contributed by atoms with van der Waals surface area (Å²) < 4.78 is 31.7. The lowest BCUT2D eigenvalue weighted by Crippen LogP contribution is -2.37. The van der Waals surface area contributed by atoms with Crippen LogP contribution in [0.25, 0.3) is 0 Å². The maximum absolute atomic E-state index is 12.8. The number of cyclic esters (lactones) is 1. The number of hydrogen-bond acceptors (Lipinski definition) is 4. The van der Waals surface area contributed by atoms with Crippen LogP contribution in [0, 0.1) is 6.92 Å². The van der Waals surface area contributed by atoms with Crippen molar-refractivity contribution >= 4 is 16.1 Å². The van der Waals surface area contributed by atoms with E-state index >= 15 is 0 Å². The summed E-state index contributed by atoms with van der Waals surface area (Å²) in [6.45, 7) is 3.54. The van der Waals surface area contributed by atoms with E-state index in [1.807, 2.05) is 37.3 Å². The molecular weight excluding hydrogens is 314 g/mol. The number of nitrogens with zero attached hydrogens (tertiary/aromatic N) is 1. The van der Waals surface area contributed by atoms with Crippen molar-refractivity contribution in [3.63, 3.8) is 0 Å². The van der Waals surface area contributed by atoms with Gasteiger partial charge >= 0.3 is 6.09 Å². The van der Waals surface area contributed by atoms with Gasteiger partial charge in [0.05, 0.1) is 10.9 Å². The highest BCUT2D eigenvalue weighted by Crippen LogP contribution is 2.35. The third-order valence-electron chi connectivity index (χ3n) is 3.92. The predicted molar refractivity (Wildman–Crippen MR) is 85.3 cm³/mol. The lowest BCUT2D eigenvalue weighted by molar-refractivity contribution is 0.133. The molecule has 0 bridgehead atoms. The van der Waals surface area contributed by atoms with Crippen molar-refractivity contribution in [1.29, 1.82) is 0 Å². The molecule has 3 rings (SSSR count). The normalized spacial score (nSPS) is 21.3. The SMILES string of the molecule is Cc1ccc(S(=O)(=O)N2C(=O)O[C@@H](c3ccccc3)[C@H]2C)cc1. The summed E-state index contributed by atoms with van der Waals surface area (Å²) in [5, 5.41) is 0. The molecule has 5 nitrogen and oxygen atoms in total. The molecule has 6 heteroatoms. The van der Waals surface area contributed by atoms with Crippen LogP contribution in [0.5, 0.6) is 0 Å². The molecular formula is C17H17NO4S. The van der Waals surface area contributed by atoms with Gasteiger partial charge < -0.3 is 4.74 Å². The van der Waals surface area contributed by atoms with Crippen LogP contribution in [0.15, 0.2) is 59.5 Å². The van der Waals surface area contributed by atoms with Gasteiger partial charge in [-0.1, -0.05) is 48.0 Å². The van der Waals surface area contributed by atoms with E-state index in [0.29, 0.717) is 0 Å². The fourth-order valence-corrected chi connectivity index (χ4v) is 4.17. The molecule has 23 heavy (non-hydrogen) atoms. The number of carbonyl (C=O) groups is 1. The molecule has 2 aromatic carbocycles. The summed E-state index contributed by atoms with van der Waals surface area (Å²) in [5.41, 5.74) is 1.72. The first-order valence-electron chi connectivity index (χ1n) is 7.28. The van der Waals surface area contributed by atoms with E-state index < -0.39 is 28.3 Å². The van der Waals surface area contributed by atoms with Gasteiger partial charge in [-0.25, -0.2) is 13.2 Å². The molecule has 0 N–H and O–H groups in total. The molecule has 0 radical (unpaired) electrons. The zero-order chi connectivity index (χ0) is 16.6. The van der Waals surface area contributed by atoms with Gasteiger partial charge in [-0.3, -0.25) is 0 Å². The molecule has 0 spiro atoms. The Kier molecular flexibility index (Phi) is 3.85.